The molecule has 0 bridgehead atoms. The van der Waals surface area contributed by atoms with Crippen LogP contribution in [0.4, 0.5) is 20.4 Å². The number of aromatic nitrogens is 18. The molecule has 27 nitrogen and oxygen atoms in total. The first-order chi connectivity index (χ1) is 35.7. The summed E-state index contributed by atoms with van der Waals surface area (Å²) in [5, 5.41) is 49.0. The van der Waals surface area contributed by atoms with Gasteiger partial charge in [-0.05, 0) is 24.3 Å². The summed E-state index contributed by atoms with van der Waals surface area (Å²) < 4.78 is 31.2. The molecular weight excluding hydrogens is 955 g/mol. The molecule has 10 aromatic rings. The molecule has 12 rings (SSSR count). The molecule has 0 aliphatic carbocycles. The second-order valence-electron chi connectivity index (χ2n) is 15.9. The standard InChI is InChI=1S/C22H18FN11O2.C11H6FN5O3.C11H14N6/c23-14-12-26-20(34-6-5-27-31-34)18-16(14)13(11-25-18)19(35)22(36)33-9-7-32(8-10-33)21-17(28-30-29-21)15-3-1-2-4-24-15;12-6-4-14-10(17-2-1-15-16-17)8-7(6)5(3-13-8)9(18)11(19)20;1-2-4-13-9(3-1)10-11(15-16-14-10)17-7-5-12-6-8-17/h1-6,11-12,25H,7-10H2,(H,28,29,30);1-4,13H,(H,19,20);1-4,12H,5-8H2,(H,14,15,16). The third-order valence-corrected chi connectivity index (χ3v) is 11.6. The van der Waals surface area contributed by atoms with Crippen LogP contribution in [0.1, 0.15) is 20.7 Å². The van der Waals surface area contributed by atoms with E-state index >= 15 is 0 Å². The van der Waals surface area contributed by atoms with Gasteiger partial charge in [-0.2, -0.15) is 20.6 Å². The van der Waals surface area contributed by atoms with E-state index in [1.807, 2.05) is 41.3 Å². The first-order valence-electron chi connectivity index (χ1n) is 22.2. The number of carboxylic acids is 1. The van der Waals surface area contributed by atoms with E-state index in [4.69, 9.17) is 5.11 Å². The number of nitrogens with one attached hydrogen (secondary N) is 5. The van der Waals surface area contributed by atoms with Crippen LogP contribution in [0.15, 0.2) is 98.4 Å². The smallest absolute Gasteiger partial charge is 0.377 e. The van der Waals surface area contributed by atoms with Crippen molar-refractivity contribution in [3.63, 3.8) is 0 Å². The fraction of sp³-hybridized carbons (Fsp3) is 0.182. The molecule has 1 amide bonds. The summed E-state index contributed by atoms with van der Waals surface area (Å²) in [5.41, 5.74) is 3.05. The number of carboxylic acid groups (broad SMARTS) is 1. The lowest BCUT2D eigenvalue weighted by Crippen LogP contribution is -2.50. The fourth-order valence-electron chi connectivity index (χ4n) is 8.15. The van der Waals surface area contributed by atoms with Crippen molar-refractivity contribution < 1.29 is 33.1 Å². The zero-order valence-electron chi connectivity index (χ0n) is 37.8. The summed E-state index contributed by atoms with van der Waals surface area (Å²) in [6.07, 6.45) is 13.7. The molecule has 0 unspecified atom stereocenters. The number of nitrogens with zero attached hydrogens (tertiary/aromatic N) is 17. The molecule has 2 fully saturated rings. The van der Waals surface area contributed by atoms with Crippen molar-refractivity contribution in [2.45, 2.75) is 0 Å². The molecule has 2 saturated heterocycles. The highest BCUT2D eigenvalue weighted by Gasteiger charge is 2.32. The number of amides is 1. The highest BCUT2D eigenvalue weighted by molar-refractivity contribution is 6.45. The monoisotopic (exact) mass is 992 g/mol. The topological polar surface area (TPSA) is 338 Å². The second-order valence-corrected chi connectivity index (χ2v) is 15.9. The minimum absolute atomic E-state index is 0.0184. The van der Waals surface area contributed by atoms with Gasteiger partial charge >= 0.3 is 5.97 Å². The molecule has 2 aliphatic rings. The van der Waals surface area contributed by atoms with Gasteiger partial charge in [0.1, 0.15) is 0 Å². The number of halogens is 2. The van der Waals surface area contributed by atoms with Gasteiger partial charge in [0.25, 0.3) is 17.5 Å². The number of hydrogen-bond acceptors (Lipinski definition) is 19. The van der Waals surface area contributed by atoms with E-state index in [0.717, 1.165) is 62.0 Å². The average Bonchev–Trinajstić information content (AvgIpc) is 4.30. The van der Waals surface area contributed by atoms with Crippen LogP contribution in [0.3, 0.4) is 0 Å². The van der Waals surface area contributed by atoms with Gasteiger partial charge in [-0.25, -0.2) is 32.9 Å². The van der Waals surface area contributed by atoms with E-state index in [9.17, 15) is 28.0 Å². The van der Waals surface area contributed by atoms with Crippen LogP contribution >= 0.6 is 0 Å². The van der Waals surface area contributed by atoms with Crippen molar-refractivity contribution >= 4 is 56.9 Å². The van der Waals surface area contributed by atoms with Crippen LogP contribution in [0, 0.1) is 11.6 Å². The number of H-pyrrole nitrogens is 4. The zero-order valence-corrected chi connectivity index (χ0v) is 37.8. The molecule has 0 spiro atoms. The predicted octanol–water partition coefficient (Wildman–Crippen LogP) is 1.82. The molecule has 0 aromatic carbocycles. The number of aliphatic carboxylic acids is 1. The van der Waals surface area contributed by atoms with Gasteiger partial charge in [0.15, 0.2) is 46.3 Å². The number of aromatic amines is 4. The van der Waals surface area contributed by atoms with Crippen molar-refractivity contribution in [2.24, 2.45) is 0 Å². The van der Waals surface area contributed by atoms with E-state index in [1.165, 1.54) is 39.1 Å². The number of ketones is 2. The van der Waals surface area contributed by atoms with Gasteiger partial charge in [0.05, 0.1) is 81.5 Å². The maximum absolute atomic E-state index is 14.7. The molecule has 10 aromatic heterocycles. The normalized spacial score (nSPS) is 13.6. The van der Waals surface area contributed by atoms with Crippen molar-refractivity contribution in [1.82, 2.24) is 101 Å². The summed E-state index contributed by atoms with van der Waals surface area (Å²) in [4.78, 5) is 76.2. The SMILES string of the molecule is O=C(C(=O)N1CCN(c2n[nH]nc2-c2ccccn2)CC1)c1c[nH]c2c(-n3ccnn3)ncc(F)c12.O=C(O)C(=O)c1c[nH]c2c(-n3ccnn3)ncc(F)c12.c1ccc(-c2n[nH]nc2N2CCNCC2)nc1. The number of carbonyl (C=O) groups is 4. The van der Waals surface area contributed by atoms with Crippen LogP contribution in [0.5, 0.6) is 0 Å². The largest absolute Gasteiger partial charge is 0.475 e. The second kappa shape index (κ2) is 20.5. The Bertz CT molecular complexity index is 3550. The molecule has 6 N–H and O–H groups in total. The maximum Gasteiger partial charge on any atom is 0.377 e. The minimum Gasteiger partial charge on any atom is -0.475 e. The third-order valence-electron chi connectivity index (χ3n) is 11.6. The van der Waals surface area contributed by atoms with Crippen molar-refractivity contribution in [3.8, 4) is 34.4 Å². The van der Waals surface area contributed by atoms with Gasteiger partial charge in [-0.15, -0.1) is 20.4 Å². The summed E-state index contributed by atoms with van der Waals surface area (Å²) >= 11 is 0. The molecule has 29 heteroatoms. The molecule has 2 aliphatic heterocycles. The lowest BCUT2D eigenvalue weighted by atomic mass is 10.1. The number of fused-ring (bicyclic) bond motifs is 2. The number of piperazine rings is 2. The van der Waals surface area contributed by atoms with E-state index in [1.54, 1.807) is 18.6 Å². The Kier molecular flexibility index (Phi) is 13.1. The number of carbonyl (C=O) groups excluding carboxylic acids is 3. The van der Waals surface area contributed by atoms with Crippen molar-refractivity contribution in [1.29, 1.82) is 0 Å². The highest BCUT2D eigenvalue weighted by atomic mass is 19.1. The lowest BCUT2D eigenvalue weighted by molar-refractivity contribution is -0.131. The van der Waals surface area contributed by atoms with Gasteiger partial charge in [-0.3, -0.25) is 24.4 Å². The van der Waals surface area contributed by atoms with E-state index in [2.05, 4.69) is 91.6 Å². The molecule has 0 radical (unpaired) electrons. The minimum atomic E-state index is -1.66. The first-order valence-corrected chi connectivity index (χ1v) is 22.2. The van der Waals surface area contributed by atoms with Gasteiger partial charge in [0.2, 0.25) is 0 Å². The fourth-order valence-corrected chi connectivity index (χ4v) is 8.15. The molecule has 368 valence electrons. The molecule has 0 saturated carbocycles. The molecular formula is C44H38F2N22O5. The first kappa shape index (κ1) is 46.7. The Hall–Kier alpha value is -10.1. The Morgan fingerprint density at radius 2 is 1.05 bits per heavy atom. The van der Waals surface area contributed by atoms with Crippen LogP contribution < -0.4 is 15.1 Å². The Morgan fingerprint density at radius 1 is 0.562 bits per heavy atom. The summed E-state index contributed by atoms with van der Waals surface area (Å²) in [6.45, 7) is 5.31. The number of hydrogen-bond donors (Lipinski definition) is 6. The van der Waals surface area contributed by atoms with Crippen LogP contribution in [-0.2, 0) is 9.59 Å². The van der Waals surface area contributed by atoms with Crippen LogP contribution in [0.25, 0.3) is 56.2 Å². The van der Waals surface area contributed by atoms with Gasteiger partial charge in [-0.1, -0.05) is 22.6 Å². The number of pyridine rings is 4. The van der Waals surface area contributed by atoms with Crippen molar-refractivity contribution in [2.75, 3.05) is 62.2 Å². The third kappa shape index (κ3) is 9.39. The molecule has 12 heterocycles. The average molecular weight is 993 g/mol. The number of anilines is 2. The Morgan fingerprint density at radius 3 is 1.51 bits per heavy atom. The van der Waals surface area contributed by atoms with Crippen molar-refractivity contribution in [3.05, 3.63) is 121 Å². The number of Topliss-reactive ketones (excluding diaryl/α,β-unsaturated/α-hetero) is 2. The number of rotatable bonds is 10. The molecule has 0 atom stereocenters. The lowest BCUT2D eigenvalue weighted by Gasteiger charge is -2.34. The predicted molar refractivity (Wildman–Crippen MR) is 251 cm³/mol. The van der Waals surface area contributed by atoms with Crippen LogP contribution in [0.2, 0.25) is 0 Å². The summed E-state index contributed by atoms with van der Waals surface area (Å²) in [7, 11) is 0. The zero-order chi connectivity index (χ0) is 50.4. The Balaban J connectivity index is 0.000000139. The van der Waals surface area contributed by atoms with E-state index in [0.29, 0.717) is 30.3 Å². The quantitative estimate of drug-likeness (QED) is 0.0840. The summed E-state index contributed by atoms with van der Waals surface area (Å²) in [5.74, 6) is -3.90. The highest BCUT2D eigenvalue weighted by Crippen LogP contribution is 2.29. The van der Waals surface area contributed by atoms with E-state index in [-0.39, 0.29) is 57.7 Å². The Labute approximate surface area is 407 Å². The molecule has 73 heavy (non-hydrogen) atoms. The van der Waals surface area contributed by atoms with Gasteiger partial charge in [0, 0.05) is 77.1 Å². The maximum atomic E-state index is 14.7. The summed E-state index contributed by atoms with van der Waals surface area (Å²) in [6, 6.07) is 11.3. The van der Waals surface area contributed by atoms with E-state index < -0.39 is 35.1 Å². The van der Waals surface area contributed by atoms with Crippen LogP contribution in [-0.4, -0.2) is 177 Å². The van der Waals surface area contributed by atoms with Gasteiger partial charge < -0.3 is 35.1 Å².